The van der Waals surface area contributed by atoms with Crippen LogP contribution in [0.15, 0.2) is 54.6 Å². The molecule has 2 aliphatic heterocycles. The Bertz CT molecular complexity index is 1020. The van der Waals surface area contributed by atoms with Crippen LogP contribution in [0.2, 0.25) is 0 Å². The largest absolute Gasteiger partial charge is 0.358 e. The molecule has 3 aromatic rings. The molecule has 0 spiro atoms. The highest BCUT2D eigenvalue weighted by atomic mass is 16.2. The Labute approximate surface area is 178 Å². The first-order chi connectivity index (χ1) is 14.7. The molecule has 0 radical (unpaired) electrons. The van der Waals surface area contributed by atoms with Crippen molar-refractivity contribution >= 4 is 16.8 Å². The molecule has 1 atom stereocenters. The number of hydrogen-bond donors (Lipinski definition) is 2. The third-order valence-electron chi connectivity index (χ3n) is 7.29. The maximum atomic E-state index is 13.3. The first-order valence-electron chi connectivity index (χ1n) is 11.4. The molecule has 1 amide bonds. The molecule has 4 nitrogen and oxygen atoms in total. The Morgan fingerprint density at radius 3 is 2.63 bits per heavy atom. The van der Waals surface area contributed by atoms with Crippen molar-refractivity contribution in [2.75, 3.05) is 19.6 Å². The number of nitrogens with zero attached hydrogens (tertiary/aromatic N) is 1. The summed E-state index contributed by atoms with van der Waals surface area (Å²) >= 11 is 0. The van der Waals surface area contributed by atoms with Gasteiger partial charge in [0, 0.05) is 41.7 Å². The molecule has 0 aliphatic carbocycles. The molecule has 4 heteroatoms. The predicted octanol–water partition coefficient (Wildman–Crippen LogP) is 2.98. The third kappa shape index (κ3) is 3.77. The molecular weight excluding hydrogens is 370 g/mol. The number of rotatable bonds is 4. The zero-order valence-corrected chi connectivity index (χ0v) is 17.9. The van der Waals surface area contributed by atoms with E-state index >= 15 is 0 Å². The normalized spacial score (nSPS) is 22.6. The lowest BCUT2D eigenvalue weighted by atomic mass is 9.89. The van der Waals surface area contributed by atoms with Gasteiger partial charge in [0.05, 0.1) is 13.1 Å². The van der Waals surface area contributed by atoms with Gasteiger partial charge in [0.15, 0.2) is 6.04 Å². The van der Waals surface area contributed by atoms with Crippen LogP contribution >= 0.6 is 0 Å². The topological polar surface area (TPSA) is 40.5 Å². The van der Waals surface area contributed by atoms with E-state index < -0.39 is 0 Å². The second-order valence-electron chi connectivity index (χ2n) is 9.15. The number of amides is 1. The Morgan fingerprint density at radius 2 is 1.83 bits per heavy atom. The summed E-state index contributed by atoms with van der Waals surface area (Å²) in [6.07, 6.45) is 4.53. The molecule has 0 saturated carbocycles. The van der Waals surface area contributed by atoms with Crippen molar-refractivity contribution in [2.45, 2.75) is 45.2 Å². The summed E-state index contributed by atoms with van der Waals surface area (Å²) in [6, 6.07) is 19.3. The Kier molecular flexibility index (Phi) is 5.34. The summed E-state index contributed by atoms with van der Waals surface area (Å²) in [6.45, 7) is 5.92. The minimum atomic E-state index is 0.0504. The molecule has 5 rings (SSSR count). The van der Waals surface area contributed by atoms with Crippen LogP contribution in [-0.2, 0) is 24.2 Å². The van der Waals surface area contributed by atoms with E-state index in [0.717, 1.165) is 38.5 Å². The van der Waals surface area contributed by atoms with Gasteiger partial charge >= 0.3 is 0 Å². The fourth-order valence-corrected chi connectivity index (χ4v) is 5.44. The third-order valence-corrected chi connectivity index (χ3v) is 7.29. The van der Waals surface area contributed by atoms with E-state index in [4.69, 9.17) is 0 Å². The maximum Gasteiger partial charge on any atom is 0.280 e. The minimum Gasteiger partial charge on any atom is -0.358 e. The number of aromatic nitrogens is 1. The molecule has 0 unspecified atom stereocenters. The average Bonchev–Trinajstić information content (AvgIpc) is 3.17. The van der Waals surface area contributed by atoms with Gasteiger partial charge in [0.1, 0.15) is 0 Å². The summed E-state index contributed by atoms with van der Waals surface area (Å²) in [5.74, 6) is 1.07. The lowest BCUT2D eigenvalue weighted by molar-refractivity contribution is -0.920. The number of hydrogen-bond acceptors (Lipinski definition) is 1. The van der Waals surface area contributed by atoms with E-state index in [1.165, 1.54) is 51.9 Å². The number of piperidine rings is 1. The Balaban J connectivity index is 1.20. The van der Waals surface area contributed by atoms with Crippen molar-refractivity contribution in [2.24, 2.45) is 5.92 Å². The van der Waals surface area contributed by atoms with Crippen molar-refractivity contribution in [3.8, 4) is 0 Å². The Morgan fingerprint density at radius 1 is 1.10 bits per heavy atom. The summed E-state index contributed by atoms with van der Waals surface area (Å²) < 4.78 is 0. The summed E-state index contributed by atoms with van der Waals surface area (Å²) in [7, 11) is 0. The molecule has 1 aromatic heterocycles. The molecule has 3 heterocycles. The predicted molar refractivity (Wildman–Crippen MR) is 120 cm³/mol. The number of quaternary nitrogens is 1. The number of fused-ring (bicyclic) bond motifs is 3. The first kappa shape index (κ1) is 19.4. The molecular formula is C26H32N3O+. The first-order valence-corrected chi connectivity index (χ1v) is 11.4. The summed E-state index contributed by atoms with van der Waals surface area (Å²) in [4.78, 5) is 20.4. The molecule has 156 valence electrons. The van der Waals surface area contributed by atoms with Crippen LogP contribution in [0.4, 0.5) is 0 Å². The second kappa shape index (κ2) is 8.27. The van der Waals surface area contributed by atoms with Gasteiger partial charge in [-0.1, -0.05) is 48.5 Å². The Hall–Kier alpha value is -2.59. The van der Waals surface area contributed by atoms with Gasteiger partial charge < -0.3 is 14.8 Å². The fourth-order valence-electron chi connectivity index (χ4n) is 5.44. The van der Waals surface area contributed by atoms with Crippen molar-refractivity contribution < 1.29 is 9.69 Å². The second-order valence-corrected chi connectivity index (χ2v) is 9.15. The van der Waals surface area contributed by atoms with Gasteiger partial charge in [0.2, 0.25) is 0 Å². The molecule has 0 bridgehead atoms. The van der Waals surface area contributed by atoms with Crippen LogP contribution in [0, 0.1) is 5.92 Å². The van der Waals surface area contributed by atoms with Gasteiger partial charge in [0.25, 0.3) is 5.91 Å². The average molecular weight is 403 g/mol. The van der Waals surface area contributed by atoms with E-state index in [-0.39, 0.29) is 6.04 Å². The van der Waals surface area contributed by atoms with Crippen LogP contribution in [-0.4, -0.2) is 41.5 Å². The lowest BCUT2D eigenvalue weighted by Gasteiger charge is -2.36. The molecule has 2 aliphatic rings. The van der Waals surface area contributed by atoms with Gasteiger partial charge in [-0.25, -0.2) is 0 Å². The molecule has 1 fully saturated rings. The van der Waals surface area contributed by atoms with E-state index in [1.54, 1.807) is 0 Å². The van der Waals surface area contributed by atoms with Crippen molar-refractivity contribution in [1.29, 1.82) is 0 Å². The van der Waals surface area contributed by atoms with E-state index in [9.17, 15) is 4.79 Å². The summed E-state index contributed by atoms with van der Waals surface area (Å²) in [5, 5.41) is 1.27. The van der Waals surface area contributed by atoms with Crippen LogP contribution in [0.3, 0.4) is 0 Å². The minimum absolute atomic E-state index is 0.0504. The van der Waals surface area contributed by atoms with Crippen LogP contribution < -0.4 is 4.90 Å². The zero-order valence-electron chi connectivity index (χ0n) is 17.9. The van der Waals surface area contributed by atoms with Crippen molar-refractivity contribution in [3.63, 3.8) is 0 Å². The van der Waals surface area contributed by atoms with E-state index in [0.29, 0.717) is 5.91 Å². The number of benzene rings is 2. The molecule has 30 heavy (non-hydrogen) atoms. The van der Waals surface area contributed by atoms with Gasteiger partial charge in [-0.2, -0.15) is 0 Å². The van der Waals surface area contributed by atoms with E-state index in [1.807, 2.05) is 0 Å². The van der Waals surface area contributed by atoms with Gasteiger partial charge in [-0.15, -0.1) is 0 Å². The number of nitrogens with one attached hydrogen (secondary N) is 2. The number of likely N-dealkylation sites (tertiary alicyclic amines) is 1. The number of H-pyrrole nitrogens is 1. The molecule has 2 N–H and O–H groups in total. The maximum absolute atomic E-state index is 13.3. The van der Waals surface area contributed by atoms with Crippen LogP contribution in [0.25, 0.3) is 10.9 Å². The monoisotopic (exact) mass is 402 g/mol. The smallest absolute Gasteiger partial charge is 0.280 e. The number of para-hydroxylation sites is 1. The SMILES string of the molecule is C[C@H](C(=O)N1CCc2[nH]c3ccccc3c2C1)[NH+]1CCC(Cc2ccccc2)CC1. The van der Waals surface area contributed by atoms with Crippen LogP contribution in [0.5, 0.6) is 0 Å². The van der Waals surface area contributed by atoms with Crippen LogP contribution in [0.1, 0.15) is 36.6 Å². The van der Waals surface area contributed by atoms with Crippen molar-refractivity contribution in [1.82, 2.24) is 9.88 Å². The molecule has 1 saturated heterocycles. The standard InChI is InChI=1S/C26H31N3O/c1-19(28-14-11-21(12-15-28)17-20-7-3-2-4-8-20)26(30)29-16-13-25-23(18-29)22-9-5-6-10-24(22)27-25/h2-10,19,21,27H,11-18H2,1H3/p+1/t19-/m1/s1. The highest BCUT2D eigenvalue weighted by Gasteiger charge is 2.34. The lowest BCUT2D eigenvalue weighted by Crippen LogP contribution is -3.17. The fraction of sp³-hybridized carbons (Fsp3) is 0.423. The van der Waals surface area contributed by atoms with Gasteiger partial charge in [-0.05, 0) is 43.7 Å². The zero-order chi connectivity index (χ0) is 20.5. The van der Waals surface area contributed by atoms with Crippen molar-refractivity contribution in [3.05, 3.63) is 71.4 Å². The number of carbonyl (C=O) groups is 1. The van der Waals surface area contributed by atoms with Gasteiger partial charge in [-0.3, -0.25) is 4.79 Å². The molecule has 2 aromatic carbocycles. The van der Waals surface area contributed by atoms with E-state index in [2.05, 4.69) is 71.4 Å². The highest BCUT2D eigenvalue weighted by Crippen LogP contribution is 2.27. The number of carbonyl (C=O) groups excluding carboxylic acids is 1. The summed E-state index contributed by atoms with van der Waals surface area (Å²) in [5.41, 5.74) is 5.25. The highest BCUT2D eigenvalue weighted by molar-refractivity contribution is 5.86. The quantitative estimate of drug-likeness (QED) is 0.692. The number of aromatic amines is 1.